The van der Waals surface area contributed by atoms with Crippen LogP contribution in [0.3, 0.4) is 0 Å². The Morgan fingerprint density at radius 3 is 2.39 bits per heavy atom. The summed E-state index contributed by atoms with van der Waals surface area (Å²) in [6, 6.07) is 0. The lowest BCUT2D eigenvalue weighted by atomic mass is 10.2. The minimum Gasteiger partial charge on any atom is -0.415 e. The van der Waals surface area contributed by atoms with Crippen LogP contribution >= 0.6 is 11.6 Å². The summed E-state index contributed by atoms with van der Waals surface area (Å²) in [6.07, 6.45) is 0.414. The van der Waals surface area contributed by atoms with Gasteiger partial charge in [-0.05, 0) is 25.1 Å². The van der Waals surface area contributed by atoms with E-state index in [1.165, 1.54) is 0 Å². The molecule has 0 aromatic heterocycles. The molecule has 0 fully saturated rings. The Kier molecular flexibility index (Phi) is 11.4. The van der Waals surface area contributed by atoms with Crippen LogP contribution in [0.25, 0.3) is 0 Å². The highest BCUT2D eigenvalue weighted by Crippen LogP contribution is 2.36. The molecule has 6 heteroatoms. The van der Waals surface area contributed by atoms with Gasteiger partial charge in [0.15, 0.2) is 8.32 Å². The normalized spacial score (nSPS) is 15.0. The molecule has 1 unspecified atom stereocenters. The van der Waals surface area contributed by atoms with Crippen molar-refractivity contribution < 1.29 is 18.6 Å². The molecule has 2 atom stereocenters. The lowest BCUT2D eigenvalue weighted by Crippen LogP contribution is -2.42. The number of alkyl halides is 1. The van der Waals surface area contributed by atoms with Gasteiger partial charge in [-0.3, -0.25) is 0 Å². The first-order valence-corrected chi connectivity index (χ1v) is 11.4. The van der Waals surface area contributed by atoms with Crippen LogP contribution in [0.5, 0.6) is 0 Å². The van der Waals surface area contributed by atoms with E-state index in [2.05, 4.69) is 45.7 Å². The third-order valence-corrected chi connectivity index (χ3v) is 8.67. The quantitative estimate of drug-likeness (QED) is 0.193. The van der Waals surface area contributed by atoms with Gasteiger partial charge in [-0.25, -0.2) is 0 Å². The Morgan fingerprint density at radius 1 is 1.17 bits per heavy atom. The molecule has 0 aromatic carbocycles. The van der Waals surface area contributed by atoms with Gasteiger partial charge in [0.25, 0.3) is 0 Å². The second-order valence-corrected chi connectivity index (χ2v) is 12.4. The van der Waals surface area contributed by atoms with Crippen LogP contribution in [0.1, 0.15) is 34.1 Å². The molecule has 0 saturated heterocycles. The number of ether oxygens (including phenoxy) is 3. The van der Waals surface area contributed by atoms with Gasteiger partial charge in [-0.2, -0.15) is 0 Å². The first-order chi connectivity index (χ1) is 10.6. The van der Waals surface area contributed by atoms with Crippen molar-refractivity contribution in [2.45, 2.75) is 63.7 Å². The molecule has 0 aliphatic carbocycles. The first kappa shape index (κ1) is 22.9. The number of hydrogen-bond donors (Lipinski definition) is 0. The van der Waals surface area contributed by atoms with Gasteiger partial charge < -0.3 is 18.6 Å². The van der Waals surface area contributed by atoms with E-state index < -0.39 is 8.32 Å². The molecule has 0 amide bonds. The highest BCUT2D eigenvalue weighted by molar-refractivity contribution is 6.74. The Morgan fingerprint density at radius 2 is 1.83 bits per heavy atom. The average molecular weight is 365 g/mol. The van der Waals surface area contributed by atoms with Crippen LogP contribution in [-0.2, 0) is 18.6 Å². The number of rotatable bonds is 10. The van der Waals surface area contributed by atoms with Crippen LogP contribution < -0.4 is 0 Å². The minimum atomic E-state index is -1.74. The summed E-state index contributed by atoms with van der Waals surface area (Å²) in [5, 5.41) is 0.0993. The predicted octanol–water partition coefficient (Wildman–Crippen LogP) is 4.03. The summed E-state index contributed by atoms with van der Waals surface area (Å²) >= 11 is 6.30. The molecule has 4 nitrogen and oxygen atoms in total. The second-order valence-electron chi connectivity index (χ2n) is 7.02. The van der Waals surface area contributed by atoms with Crippen molar-refractivity contribution in [2.24, 2.45) is 0 Å². The van der Waals surface area contributed by atoms with Crippen LogP contribution in [0.2, 0.25) is 18.1 Å². The Labute approximate surface area is 148 Å². The number of methoxy groups -OCH3 is 1. The van der Waals surface area contributed by atoms with E-state index in [0.29, 0.717) is 26.2 Å². The van der Waals surface area contributed by atoms with Gasteiger partial charge in [0.2, 0.25) is 0 Å². The molecule has 0 aromatic rings. The number of halogens is 1. The summed E-state index contributed by atoms with van der Waals surface area (Å²) in [4.78, 5) is 0. The molecule has 0 spiro atoms. The molecule has 0 radical (unpaired) electrons. The molecule has 0 saturated carbocycles. The van der Waals surface area contributed by atoms with Gasteiger partial charge >= 0.3 is 0 Å². The summed E-state index contributed by atoms with van der Waals surface area (Å²) in [6.45, 7) is 14.8. The maximum absolute atomic E-state index is 6.30. The van der Waals surface area contributed by atoms with Crippen molar-refractivity contribution in [3.63, 3.8) is 0 Å². The lowest BCUT2D eigenvalue weighted by molar-refractivity contribution is -0.0780. The average Bonchev–Trinajstić information content (AvgIpc) is 2.44. The number of hydrogen-bond acceptors (Lipinski definition) is 4. The van der Waals surface area contributed by atoms with E-state index in [1.54, 1.807) is 7.11 Å². The third-order valence-electron chi connectivity index (χ3n) is 3.89. The van der Waals surface area contributed by atoms with Gasteiger partial charge in [-0.15, -0.1) is 11.6 Å². The van der Waals surface area contributed by atoms with Crippen molar-refractivity contribution in [2.75, 3.05) is 33.7 Å². The molecule has 0 rings (SSSR count). The van der Waals surface area contributed by atoms with Crippen LogP contribution in [0, 0.1) is 11.8 Å². The molecular formula is C17H33ClO4Si. The summed E-state index contributed by atoms with van der Waals surface area (Å²) < 4.78 is 21.6. The lowest BCUT2D eigenvalue weighted by Gasteiger charge is -2.36. The predicted molar refractivity (Wildman–Crippen MR) is 98.4 cm³/mol. The Bertz CT molecular complexity index is 371. The molecule has 0 heterocycles. The van der Waals surface area contributed by atoms with Crippen molar-refractivity contribution in [3.8, 4) is 11.8 Å². The van der Waals surface area contributed by atoms with Gasteiger partial charge in [0.05, 0.1) is 25.2 Å². The molecule has 0 N–H and O–H groups in total. The van der Waals surface area contributed by atoms with Crippen molar-refractivity contribution >= 4 is 19.9 Å². The van der Waals surface area contributed by atoms with E-state index in [9.17, 15) is 0 Å². The topological polar surface area (TPSA) is 36.9 Å². The van der Waals surface area contributed by atoms with Crippen LogP contribution in [-0.4, -0.2) is 53.5 Å². The van der Waals surface area contributed by atoms with E-state index in [4.69, 9.17) is 30.2 Å². The zero-order valence-electron chi connectivity index (χ0n) is 15.7. The fraction of sp³-hybridized carbons (Fsp3) is 0.882. The largest absolute Gasteiger partial charge is 0.415 e. The molecule has 0 aliphatic rings. The molecule has 136 valence electrons. The zero-order valence-corrected chi connectivity index (χ0v) is 17.5. The highest BCUT2D eigenvalue weighted by Gasteiger charge is 2.37. The van der Waals surface area contributed by atoms with Crippen molar-refractivity contribution in [1.82, 2.24) is 0 Å². The van der Waals surface area contributed by atoms with Crippen molar-refractivity contribution in [3.05, 3.63) is 0 Å². The maximum atomic E-state index is 6.30. The van der Waals surface area contributed by atoms with E-state index in [-0.39, 0.29) is 23.3 Å². The Balaban J connectivity index is 3.95. The zero-order chi connectivity index (χ0) is 17.9. The van der Waals surface area contributed by atoms with Crippen molar-refractivity contribution in [1.29, 1.82) is 0 Å². The summed E-state index contributed by atoms with van der Waals surface area (Å²) in [5.74, 6) is 6.08. The third kappa shape index (κ3) is 11.1. The highest BCUT2D eigenvalue weighted by atomic mass is 35.5. The first-order valence-electron chi connectivity index (χ1n) is 8.05. The second kappa shape index (κ2) is 11.5. The minimum absolute atomic E-state index is 0.0956. The molecular weight excluding hydrogens is 332 g/mol. The van der Waals surface area contributed by atoms with Gasteiger partial charge in [0, 0.05) is 13.5 Å². The smallest absolute Gasteiger partial charge is 0.192 e. The molecule has 0 bridgehead atoms. The SMILES string of the molecule is COCCOCOC(C)C#CC[C@@H](Cl)CO[Si](C)(C)C(C)(C)C. The van der Waals surface area contributed by atoms with E-state index >= 15 is 0 Å². The Hall–Kier alpha value is -0.0931. The molecule has 23 heavy (non-hydrogen) atoms. The van der Waals surface area contributed by atoms with Crippen LogP contribution in [0.4, 0.5) is 0 Å². The van der Waals surface area contributed by atoms with Crippen LogP contribution in [0.15, 0.2) is 0 Å². The monoisotopic (exact) mass is 364 g/mol. The fourth-order valence-electron chi connectivity index (χ4n) is 1.28. The van der Waals surface area contributed by atoms with E-state index in [0.717, 1.165) is 0 Å². The standard InChI is InChI=1S/C17H33ClO4Si/c1-15(21-14-20-12-11-19-5)9-8-10-16(18)13-22-23(6,7)17(2,3)4/h15-16H,10-14H2,1-7H3/t15?,16-/m1/s1. The fourth-order valence-corrected chi connectivity index (χ4v) is 2.58. The van der Waals surface area contributed by atoms with E-state index in [1.807, 2.05) is 6.92 Å². The maximum Gasteiger partial charge on any atom is 0.192 e. The van der Waals surface area contributed by atoms with Gasteiger partial charge in [0.1, 0.15) is 12.9 Å². The summed E-state index contributed by atoms with van der Waals surface area (Å²) in [5.41, 5.74) is 0. The molecule has 0 aliphatic heterocycles. The summed E-state index contributed by atoms with van der Waals surface area (Å²) in [7, 11) is -0.107. The van der Waals surface area contributed by atoms with Gasteiger partial charge in [-0.1, -0.05) is 32.6 Å².